The molecule has 102 valence electrons. The molecule has 1 amide bonds. The number of anilines is 1. The second kappa shape index (κ2) is 5.85. The predicted molar refractivity (Wildman–Crippen MR) is 73.9 cm³/mol. The number of thiophene rings is 1. The van der Waals surface area contributed by atoms with E-state index in [9.17, 15) is 9.90 Å². The largest absolute Gasteiger partial charge is 0.396 e. The lowest BCUT2D eigenvalue weighted by molar-refractivity contribution is 0.0911. The Balaban J connectivity index is 1.95. The molecule has 0 aromatic carbocycles. The SMILES string of the molecule is CCn1cc(N)c(C(=O)NCC(O)c2ccsc2)n1. The number of hydrogen-bond donors (Lipinski definition) is 3. The Morgan fingerprint density at radius 3 is 3.05 bits per heavy atom. The Bertz CT molecular complexity index is 550. The number of nitrogens with two attached hydrogens (primary N) is 1. The van der Waals surface area contributed by atoms with Crippen molar-refractivity contribution in [3.05, 3.63) is 34.3 Å². The van der Waals surface area contributed by atoms with Gasteiger partial charge >= 0.3 is 0 Å². The smallest absolute Gasteiger partial charge is 0.274 e. The maximum atomic E-state index is 11.9. The average Bonchev–Trinajstić information content (AvgIpc) is 3.04. The first kappa shape index (κ1) is 13.6. The fourth-order valence-electron chi connectivity index (χ4n) is 1.63. The van der Waals surface area contributed by atoms with E-state index in [0.717, 1.165) is 5.56 Å². The van der Waals surface area contributed by atoms with Gasteiger partial charge in [-0.3, -0.25) is 9.48 Å². The van der Waals surface area contributed by atoms with Crippen LogP contribution in [0.3, 0.4) is 0 Å². The normalized spacial score (nSPS) is 12.3. The van der Waals surface area contributed by atoms with Gasteiger partial charge in [0.05, 0.1) is 11.8 Å². The molecule has 2 aromatic rings. The van der Waals surface area contributed by atoms with Gasteiger partial charge in [0.25, 0.3) is 5.91 Å². The van der Waals surface area contributed by atoms with Gasteiger partial charge in [-0.25, -0.2) is 0 Å². The van der Waals surface area contributed by atoms with Gasteiger partial charge in [0.2, 0.25) is 0 Å². The molecule has 19 heavy (non-hydrogen) atoms. The zero-order valence-electron chi connectivity index (χ0n) is 10.5. The first-order valence-corrected chi connectivity index (χ1v) is 6.87. The van der Waals surface area contributed by atoms with Gasteiger partial charge in [-0.05, 0) is 29.3 Å². The summed E-state index contributed by atoms with van der Waals surface area (Å²) in [6, 6.07) is 1.82. The zero-order chi connectivity index (χ0) is 13.8. The molecule has 0 saturated carbocycles. The maximum absolute atomic E-state index is 11.9. The van der Waals surface area contributed by atoms with E-state index in [0.29, 0.717) is 12.2 Å². The first-order chi connectivity index (χ1) is 9.11. The number of nitrogens with zero attached hydrogens (tertiary/aromatic N) is 2. The van der Waals surface area contributed by atoms with Crippen LogP contribution < -0.4 is 11.1 Å². The zero-order valence-corrected chi connectivity index (χ0v) is 11.4. The highest BCUT2D eigenvalue weighted by atomic mass is 32.1. The molecule has 2 aromatic heterocycles. The van der Waals surface area contributed by atoms with Crippen LogP contribution in [-0.4, -0.2) is 27.3 Å². The number of aliphatic hydroxyl groups is 1. The highest BCUT2D eigenvalue weighted by molar-refractivity contribution is 7.07. The molecule has 0 spiro atoms. The second-order valence-electron chi connectivity index (χ2n) is 4.07. The molecule has 1 unspecified atom stereocenters. The minimum Gasteiger partial charge on any atom is -0.396 e. The van der Waals surface area contributed by atoms with Crippen molar-refractivity contribution < 1.29 is 9.90 Å². The third-order valence-electron chi connectivity index (χ3n) is 2.71. The van der Waals surface area contributed by atoms with Crippen molar-refractivity contribution in [2.75, 3.05) is 12.3 Å². The summed E-state index contributed by atoms with van der Waals surface area (Å²) in [6.45, 7) is 2.69. The fourth-order valence-corrected chi connectivity index (χ4v) is 2.34. The number of nitrogens with one attached hydrogen (secondary N) is 1. The summed E-state index contributed by atoms with van der Waals surface area (Å²) in [4.78, 5) is 11.9. The Kier molecular flexibility index (Phi) is 4.18. The van der Waals surface area contributed by atoms with Crippen LogP contribution in [0.1, 0.15) is 29.1 Å². The second-order valence-corrected chi connectivity index (χ2v) is 4.85. The number of carbonyl (C=O) groups is 1. The van der Waals surface area contributed by atoms with Crippen molar-refractivity contribution in [2.24, 2.45) is 0 Å². The van der Waals surface area contributed by atoms with Crippen LogP contribution in [0.4, 0.5) is 5.69 Å². The van der Waals surface area contributed by atoms with Crippen LogP contribution in [0.25, 0.3) is 0 Å². The molecular weight excluding hydrogens is 264 g/mol. The van der Waals surface area contributed by atoms with Crippen LogP contribution in [0, 0.1) is 0 Å². The Morgan fingerprint density at radius 2 is 2.47 bits per heavy atom. The molecular formula is C12H16N4O2S. The number of amides is 1. The predicted octanol–water partition coefficient (Wildman–Crippen LogP) is 1.01. The van der Waals surface area contributed by atoms with E-state index in [-0.39, 0.29) is 18.1 Å². The highest BCUT2D eigenvalue weighted by Crippen LogP contribution is 2.15. The number of aryl methyl sites for hydroxylation is 1. The lowest BCUT2D eigenvalue weighted by atomic mass is 10.2. The molecule has 1 atom stereocenters. The van der Waals surface area contributed by atoms with Crippen molar-refractivity contribution in [3.8, 4) is 0 Å². The number of aromatic nitrogens is 2. The molecule has 0 aliphatic carbocycles. The van der Waals surface area contributed by atoms with Gasteiger partial charge in [0.15, 0.2) is 5.69 Å². The van der Waals surface area contributed by atoms with E-state index in [1.165, 1.54) is 11.3 Å². The Labute approximate surface area is 114 Å². The van der Waals surface area contributed by atoms with E-state index in [1.54, 1.807) is 10.9 Å². The van der Waals surface area contributed by atoms with Crippen LogP contribution in [0.5, 0.6) is 0 Å². The van der Waals surface area contributed by atoms with Gasteiger partial charge in [-0.15, -0.1) is 0 Å². The van der Waals surface area contributed by atoms with E-state index >= 15 is 0 Å². The van der Waals surface area contributed by atoms with Gasteiger partial charge in [0.1, 0.15) is 0 Å². The van der Waals surface area contributed by atoms with Gasteiger partial charge in [0, 0.05) is 19.3 Å². The minimum absolute atomic E-state index is 0.133. The molecule has 0 saturated heterocycles. The standard InChI is InChI=1S/C12H16N4O2S/c1-2-16-6-9(13)11(15-16)12(18)14-5-10(17)8-3-4-19-7-8/h3-4,6-7,10,17H,2,5,13H2,1H3,(H,14,18). The van der Waals surface area contributed by atoms with Gasteiger partial charge in [-0.2, -0.15) is 16.4 Å². The van der Waals surface area contributed by atoms with Crippen molar-refractivity contribution in [1.29, 1.82) is 0 Å². The molecule has 2 rings (SSSR count). The summed E-state index contributed by atoms with van der Waals surface area (Å²) in [7, 11) is 0. The highest BCUT2D eigenvalue weighted by Gasteiger charge is 2.16. The number of rotatable bonds is 5. The monoisotopic (exact) mass is 280 g/mol. The summed E-state index contributed by atoms with van der Waals surface area (Å²) in [5.74, 6) is -0.376. The third kappa shape index (κ3) is 3.12. The summed E-state index contributed by atoms with van der Waals surface area (Å²) < 4.78 is 1.60. The topological polar surface area (TPSA) is 93.2 Å². The first-order valence-electron chi connectivity index (χ1n) is 5.93. The minimum atomic E-state index is -0.718. The number of hydrogen-bond acceptors (Lipinski definition) is 5. The van der Waals surface area contributed by atoms with Crippen molar-refractivity contribution in [2.45, 2.75) is 19.6 Å². The van der Waals surface area contributed by atoms with Crippen molar-refractivity contribution in [3.63, 3.8) is 0 Å². The molecule has 0 bridgehead atoms. The van der Waals surface area contributed by atoms with Crippen LogP contribution >= 0.6 is 11.3 Å². The van der Waals surface area contributed by atoms with E-state index < -0.39 is 6.10 Å². The Morgan fingerprint density at radius 1 is 1.68 bits per heavy atom. The van der Waals surface area contributed by atoms with Gasteiger partial charge in [-0.1, -0.05) is 0 Å². The van der Waals surface area contributed by atoms with E-state index in [1.807, 2.05) is 23.8 Å². The average molecular weight is 280 g/mol. The summed E-state index contributed by atoms with van der Waals surface area (Å²) in [5.41, 5.74) is 7.03. The molecule has 7 heteroatoms. The third-order valence-corrected chi connectivity index (χ3v) is 3.41. The quantitative estimate of drug-likeness (QED) is 0.762. The molecule has 2 heterocycles. The molecule has 6 nitrogen and oxygen atoms in total. The van der Waals surface area contributed by atoms with Gasteiger partial charge < -0.3 is 16.2 Å². The number of aliphatic hydroxyl groups excluding tert-OH is 1. The lowest BCUT2D eigenvalue weighted by Gasteiger charge is -2.09. The number of carbonyl (C=O) groups excluding carboxylic acids is 1. The molecule has 0 radical (unpaired) electrons. The summed E-state index contributed by atoms with van der Waals surface area (Å²) in [5, 5.41) is 20.3. The molecule has 0 fully saturated rings. The summed E-state index contributed by atoms with van der Waals surface area (Å²) >= 11 is 1.50. The van der Waals surface area contributed by atoms with Crippen LogP contribution in [0.15, 0.2) is 23.0 Å². The van der Waals surface area contributed by atoms with E-state index in [2.05, 4.69) is 10.4 Å². The molecule has 4 N–H and O–H groups in total. The van der Waals surface area contributed by atoms with Crippen molar-refractivity contribution >= 4 is 22.9 Å². The summed E-state index contributed by atoms with van der Waals surface area (Å²) in [6.07, 6.45) is 0.897. The number of nitrogen functional groups attached to an aromatic ring is 1. The van der Waals surface area contributed by atoms with Crippen LogP contribution in [0.2, 0.25) is 0 Å². The van der Waals surface area contributed by atoms with Crippen molar-refractivity contribution in [1.82, 2.24) is 15.1 Å². The van der Waals surface area contributed by atoms with E-state index in [4.69, 9.17) is 5.73 Å². The molecule has 0 aliphatic heterocycles. The maximum Gasteiger partial charge on any atom is 0.274 e. The fraction of sp³-hybridized carbons (Fsp3) is 0.333. The Hall–Kier alpha value is -1.86. The lowest BCUT2D eigenvalue weighted by Crippen LogP contribution is -2.29. The van der Waals surface area contributed by atoms with Crippen LogP contribution in [-0.2, 0) is 6.54 Å². The molecule has 0 aliphatic rings.